The van der Waals surface area contributed by atoms with Gasteiger partial charge in [0.1, 0.15) is 0 Å². The van der Waals surface area contributed by atoms with Gasteiger partial charge in [0.05, 0.1) is 18.8 Å². The van der Waals surface area contributed by atoms with Crippen LogP contribution in [0.2, 0.25) is 5.02 Å². The van der Waals surface area contributed by atoms with Crippen LogP contribution < -0.4 is 4.90 Å². The number of amides is 1. The molecule has 0 spiro atoms. The zero-order chi connectivity index (χ0) is 22.2. The summed E-state index contributed by atoms with van der Waals surface area (Å²) < 4.78 is 34.9. The van der Waals surface area contributed by atoms with Crippen molar-refractivity contribution in [3.05, 3.63) is 40.5 Å². The Bertz CT molecular complexity index is 1070. The van der Waals surface area contributed by atoms with Gasteiger partial charge in [0.25, 0.3) is 15.9 Å². The molecule has 0 unspecified atom stereocenters. The molecule has 0 bridgehead atoms. The monoisotopic (exact) mass is 467 g/mol. The van der Waals surface area contributed by atoms with Gasteiger partial charge in [0, 0.05) is 63.2 Å². The second-order valence-corrected chi connectivity index (χ2v) is 10.0. The fraction of sp³-hybridized carbons (Fsp3) is 0.500. The lowest BCUT2D eigenvalue weighted by atomic mass is 10.1. The average molecular weight is 468 g/mol. The van der Waals surface area contributed by atoms with Crippen molar-refractivity contribution in [2.45, 2.75) is 11.9 Å². The van der Waals surface area contributed by atoms with Gasteiger partial charge < -0.3 is 14.5 Å². The Morgan fingerprint density at radius 2 is 1.77 bits per heavy atom. The minimum atomic E-state index is -3.91. The molecule has 11 heteroatoms. The van der Waals surface area contributed by atoms with E-state index in [1.165, 1.54) is 15.2 Å². The summed E-state index contributed by atoms with van der Waals surface area (Å²) in [5.41, 5.74) is 2.20. The molecule has 1 aromatic carbocycles. The third-order valence-electron chi connectivity index (χ3n) is 5.66. The van der Waals surface area contributed by atoms with Gasteiger partial charge in [-0.2, -0.15) is 9.40 Å². The van der Waals surface area contributed by atoms with Gasteiger partial charge in [-0.25, -0.2) is 8.42 Å². The Morgan fingerprint density at radius 3 is 2.45 bits per heavy atom. The number of hydrogen-bond acceptors (Lipinski definition) is 6. The first-order valence-corrected chi connectivity index (χ1v) is 12.0. The number of benzene rings is 1. The molecule has 2 fully saturated rings. The molecule has 3 heterocycles. The Labute approximate surface area is 187 Å². The smallest absolute Gasteiger partial charge is 0.263 e. The third kappa shape index (κ3) is 4.43. The Morgan fingerprint density at radius 1 is 1.10 bits per heavy atom. The van der Waals surface area contributed by atoms with Crippen LogP contribution in [0.3, 0.4) is 0 Å². The number of nitrogens with zero attached hydrogens (tertiary/aromatic N) is 5. The van der Waals surface area contributed by atoms with Crippen LogP contribution in [0, 0.1) is 6.92 Å². The van der Waals surface area contributed by atoms with E-state index < -0.39 is 10.0 Å². The number of piperazine rings is 1. The lowest BCUT2D eigenvalue weighted by Crippen LogP contribution is -2.49. The van der Waals surface area contributed by atoms with E-state index in [2.05, 4.69) is 10.00 Å². The molecule has 168 valence electrons. The first-order chi connectivity index (χ1) is 14.8. The van der Waals surface area contributed by atoms with Crippen LogP contribution in [0.25, 0.3) is 0 Å². The van der Waals surface area contributed by atoms with Gasteiger partial charge in [-0.15, -0.1) is 0 Å². The molecule has 1 amide bonds. The Kier molecular flexibility index (Phi) is 6.25. The number of halogens is 1. The first kappa shape index (κ1) is 22.1. The highest BCUT2D eigenvalue weighted by molar-refractivity contribution is 7.89. The fourth-order valence-electron chi connectivity index (χ4n) is 3.96. The summed E-state index contributed by atoms with van der Waals surface area (Å²) in [4.78, 5) is 16.7. The molecule has 0 saturated carbocycles. The highest BCUT2D eigenvalue weighted by atomic mass is 35.5. The summed E-state index contributed by atoms with van der Waals surface area (Å²) in [5, 5.41) is 4.62. The number of rotatable bonds is 4. The summed E-state index contributed by atoms with van der Waals surface area (Å²) in [5.74, 6) is -0.330. The van der Waals surface area contributed by atoms with Crippen LogP contribution in [0.5, 0.6) is 0 Å². The van der Waals surface area contributed by atoms with E-state index in [1.807, 2.05) is 25.1 Å². The van der Waals surface area contributed by atoms with Crippen molar-refractivity contribution in [3.63, 3.8) is 0 Å². The lowest BCUT2D eigenvalue weighted by Gasteiger charge is -2.36. The van der Waals surface area contributed by atoms with Crippen LogP contribution >= 0.6 is 11.6 Å². The van der Waals surface area contributed by atoms with Gasteiger partial charge in [-0.1, -0.05) is 17.7 Å². The molecule has 2 aliphatic rings. The number of anilines is 1. The van der Waals surface area contributed by atoms with Crippen molar-refractivity contribution < 1.29 is 17.9 Å². The molecule has 1 aromatic heterocycles. The van der Waals surface area contributed by atoms with Crippen LogP contribution in [0.15, 0.2) is 29.4 Å². The quantitative estimate of drug-likeness (QED) is 0.674. The van der Waals surface area contributed by atoms with Crippen molar-refractivity contribution in [1.29, 1.82) is 0 Å². The average Bonchev–Trinajstić information content (AvgIpc) is 3.18. The maximum Gasteiger partial charge on any atom is 0.263 e. The van der Waals surface area contributed by atoms with Gasteiger partial charge in [0.15, 0.2) is 0 Å². The molecule has 0 aliphatic carbocycles. The fourth-order valence-corrected chi connectivity index (χ4v) is 5.66. The second-order valence-electron chi connectivity index (χ2n) is 7.75. The molecular formula is C20H26ClN5O4S. The van der Waals surface area contributed by atoms with Crippen molar-refractivity contribution in [2.24, 2.45) is 7.05 Å². The normalized spacial score (nSPS) is 18.4. The van der Waals surface area contributed by atoms with Crippen molar-refractivity contribution in [3.8, 4) is 0 Å². The van der Waals surface area contributed by atoms with E-state index in [0.29, 0.717) is 57.5 Å². The minimum Gasteiger partial charge on any atom is -0.378 e. The third-order valence-corrected chi connectivity index (χ3v) is 7.73. The van der Waals surface area contributed by atoms with Crippen LogP contribution in [0.4, 0.5) is 5.69 Å². The molecule has 2 aliphatic heterocycles. The second kappa shape index (κ2) is 8.78. The Balaban J connectivity index is 1.53. The number of sulfonamides is 1. The zero-order valence-corrected chi connectivity index (χ0v) is 19.2. The topological polar surface area (TPSA) is 88.0 Å². The summed E-state index contributed by atoms with van der Waals surface area (Å²) in [6.45, 7) is 5.42. The summed E-state index contributed by atoms with van der Waals surface area (Å²) in [7, 11) is -2.29. The minimum absolute atomic E-state index is 0.109. The van der Waals surface area contributed by atoms with Crippen molar-refractivity contribution in [1.82, 2.24) is 19.0 Å². The molecule has 2 saturated heterocycles. The summed E-state index contributed by atoms with van der Waals surface area (Å²) >= 11 is 6.14. The highest BCUT2D eigenvalue weighted by Gasteiger charge is 2.36. The molecule has 2 aromatic rings. The van der Waals surface area contributed by atoms with E-state index in [0.717, 1.165) is 11.3 Å². The molecule has 4 rings (SSSR count). The van der Waals surface area contributed by atoms with Crippen LogP contribution in [0.1, 0.15) is 15.9 Å². The number of aryl methyl sites for hydroxylation is 2. The summed E-state index contributed by atoms with van der Waals surface area (Å²) in [6, 6.07) is 5.70. The number of morpholine rings is 1. The number of carbonyl (C=O) groups excluding carboxylic acids is 1. The van der Waals surface area contributed by atoms with Gasteiger partial charge in [-0.3, -0.25) is 9.48 Å². The molecule has 31 heavy (non-hydrogen) atoms. The number of carbonyl (C=O) groups is 1. The van der Waals surface area contributed by atoms with E-state index in [4.69, 9.17) is 16.3 Å². The molecule has 0 radical (unpaired) electrons. The zero-order valence-electron chi connectivity index (χ0n) is 17.6. The maximum atomic E-state index is 13.4. The largest absolute Gasteiger partial charge is 0.378 e. The van der Waals surface area contributed by atoms with Crippen molar-refractivity contribution in [2.75, 3.05) is 57.4 Å². The predicted octanol–water partition coefficient (Wildman–Crippen LogP) is 1.37. The van der Waals surface area contributed by atoms with Crippen molar-refractivity contribution >= 4 is 33.2 Å². The SMILES string of the molecule is Cc1ccc(Cl)cc1N1CCN(S(=O)(=O)c2nn(C)cc2C(=O)N2CCOCC2)CC1. The van der Waals surface area contributed by atoms with Crippen LogP contribution in [-0.2, 0) is 21.8 Å². The number of hydrogen-bond donors (Lipinski definition) is 0. The highest BCUT2D eigenvalue weighted by Crippen LogP contribution is 2.27. The van der Waals surface area contributed by atoms with Gasteiger partial charge in [0.2, 0.25) is 5.03 Å². The lowest BCUT2D eigenvalue weighted by molar-refractivity contribution is 0.0300. The molecule has 9 nitrogen and oxygen atoms in total. The Hall–Kier alpha value is -2.14. The molecular weight excluding hydrogens is 442 g/mol. The standard InChI is InChI=1S/C20H26ClN5O4S/c1-15-3-4-16(21)13-18(15)24-5-7-26(8-6-24)31(28,29)19-17(14-23(2)22-19)20(27)25-9-11-30-12-10-25/h3-4,13-14H,5-12H2,1-2H3. The summed E-state index contributed by atoms with van der Waals surface area (Å²) in [6.07, 6.45) is 1.48. The molecule has 0 atom stereocenters. The maximum absolute atomic E-state index is 13.4. The van der Waals surface area contributed by atoms with E-state index in [9.17, 15) is 13.2 Å². The van der Waals surface area contributed by atoms with E-state index >= 15 is 0 Å². The first-order valence-electron chi connectivity index (χ1n) is 10.2. The predicted molar refractivity (Wildman–Crippen MR) is 117 cm³/mol. The van der Waals surface area contributed by atoms with Gasteiger partial charge >= 0.3 is 0 Å². The van der Waals surface area contributed by atoms with E-state index in [-0.39, 0.29) is 16.5 Å². The number of aromatic nitrogens is 2. The number of ether oxygens (including phenoxy) is 1. The van der Waals surface area contributed by atoms with Crippen LogP contribution in [-0.4, -0.2) is 85.8 Å². The van der Waals surface area contributed by atoms with Gasteiger partial charge in [-0.05, 0) is 24.6 Å². The molecule has 0 N–H and O–H groups in total. The van der Waals surface area contributed by atoms with E-state index in [1.54, 1.807) is 11.9 Å².